The minimum atomic E-state index is 0.579. The van der Waals surface area contributed by atoms with E-state index in [0.29, 0.717) is 12.1 Å². The molecule has 4 atom stereocenters. The van der Waals surface area contributed by atoms with Gasteiger partial charge < -0.3 is 5.32 Å². The quantitative estimate of drug-likeness (QED) is 0.481. The maximum atomic E-state index is 4.39. The molecule has 3 rings (SSSR count). The number of aliphatic imine (C=N–C) groups is 1. The molecule has 1 heterocycles. The highest BCUT2D eigenvalue weighted by Crippen LogP contribution is 2.42. The van der Waals surface area contributed by atoms with Gasteiger partial charge >= 0.3 is 0 Å². The zero-order valence-electron chi connectivity index (χ0n) is 5.70. The number of rotatable bonds is 0. The van der Waals surface area contributed by atoms with Crippen LogP contribution in [0.5, 0.6) is 0 Å². The summed E-state index contributed by atoms with van der Waals surface area (Å²) < 4.78 is 0. The number of fused-ring (bicyclic) bond motifs is 5. The van der Waals surface area contributed by atoms with E-state index in [2.05, 4.69) is 22.5 Å². The Bertz CT molecular complexity index is 219. The Labute approximate surface area is 60.0 Å². The highest BCUT2D eigenvalue weighted by molar-refractivity contribution is 5.59. The second-order valence-corrected chi connectivity index (χ2v) is 3.41. The Kier molecular flexibility index (Phi) is 0.712. The van der Waals surface area contributed by atoms with Crippen LogP contribution < -0.4 is 5.32 Å². The molecule has 1 aliphatic heterocycles. The van der Waals surface area contributed by atoms with Crippen LogP contribution in [0.15, 0.2) is 17.1 Å². The molecule has 0 saturated heterocycles. The topological polar surface area (TPSA) is 24.4 Å². The van der Waals surface area contributed by atoms with Gasteiger partial charge in [-0.3, -0.25) is 4.99 Å². The normalized spacial score (nSPS) is 53.6. The summed E-state index contributed by atoms with van der Waals surface area (Å²) in [5.41, 5.74) is 0. The van der Waals surface area contributed by atoms with Gasteiger partial charge in [-0.25, -0.2) is 0 Å². The van der Waals surface area contributed by atoms with Crippen molar-refractivity contribution in [1.82, 2.24) is 5.32 Å². The summed E-state index contributed by atoms with van der Waals surface area (Å²) in [7, 11) is 0. The van der Waals surface area contributed by atoms with Gasteiger partial charge in [0.2, 0.25) is 0 Å². The molecule has 2 heteroatoms. The minimum absolute atomic E-state index is 0.579. The standard InChI is InChI=1S/C8H10N2/c1-2-6-3-5(1)7-8(6)10-4-9-7/h1-2,4-8H,3H2,(H,9,10). The molecule has 2 aliphatic carbocycles. The van der Waals surface area contributed by atoms with Gasteiger partial charge in [-0.1, -0.05) is 12.2 Å². The van der Waals surface area contributed by atoms with Crippen LogP contribution in [0.2, 0.25) is 0 Å². The van der Waals surface area contributed by atoms with Crippen LogP contribution in [0.25, 0.3) is 0 Å². The fourth-order valence-electron chi connectivity index (χ4n) is 2.44. The first-order valence-corrected chi connectivity index (χ1v) is 3.91. The molecule has 0 spiro atoms. The third-order valence-corrected chi connectivity index (χ3v) is 2.93. The number of hydrogen-bond acceptors (Lipinski definition) is 2. The van der Waals surface area contributed by atoms with Gasteiger partial charge in [0.1, 0.15) is 0 Å². The summed E-state index contributed by atoms with van der Waals surface area (Å²) in [6.07, 6.45) is 7.88. The Hall–Kier alpha value is -0.790. The highest BCUT2D eigenvalue weighted by atomic mass is 15.1. The van der Waals surface area contributed by atoms with Crippen LogP contribution >= 0.6 is 0 Å². The van der Waals surface area contributed by atoms with Crippen LogP contribution in [0.1, 0.15) is 6.42 Å². The molecule has 3 aliphatic rings. The second-order valence-electron chi connectivity index (χ2n) is 3.41. The molecule has 0 aromatic carbocycles. The first-order valence-electron chi connectivity index (χ1n) is 3.91. The molecule has 0 radical (unpaired) electrons. The van der Waals surface area contributed by atoms with E-state index in [1.165, 1.54) is 6.42 Å². The van der Waals surface area contributed by atoms with E-state index in [4.69, 9.17) is 0 Å². The molecule has 4 unspecified atom stereocenters. The van der Waals surface area contributed by atoms with Gasteiger partial charge in [0, 0.05) is 5.92 Å². The molecular formula is C8H10N2. The lowest BCUT2D eigenvalue weighted by atomic mass is 9.98. The fourth-order valence-corrected chi connectivity index (χ4v) is 2.44. The van der Waals surface area contributed by atoms with Crippen LogP contribution in [-0.4, -0.2) is 18.4 Å². The smallest absolute Gasteiger partial charge is 0.0831 e. The molecule has 1 N–H and O–H groups in total. The van der Waals surface area contributed by atoms with Gasteiger partial charge in [-0.05, 0) is 12.3 Å². The minimum Gasteiger partial charge on any atom is -0.371 e. The van der Waals surface area contributed by atoms with Gasteiger partial charge in [-0.15, -0.1) is 0 Å². The Morgan fingerprint density at radius 1 is 1.30 bits per heavy atom. The molecule has 1 fully saturated rings. The first-order chi connectivity index (χ1) is 4.95. The third-order valence-electron chi connectivity index (χ3n) is 2.93. The molecular weight excluding hydrogens is 124 g/mol. The number of nitrogens with one attached hydrogen (secondary N) is 1. The van der Waals surface area contributed by atoms with Crippen LogP contribution in [0, 0.1) is 11.8 Å². The van der Waals surface area contributed by atoms with E-state index in [9.17, 15) is 0 Å². The van der Waals surface area contributed by atoms with E-state index in [-0.39, 0.29) is 0 Å². The summed E-state index contributed by atoms with van der Waals surface area (Å²) in [4.78, 5) is 4.39. The number of hydrogen-bond donors (Lipinski definition) is 1. The van der Waals surface area contributed by atoms with Gasteiger partial charge in [0.25, 0.3) is 0 Å². The zero-order chi connectivity index (χ0) is 6.55. The van der Waals surface area contributed by atoms with Crippen molar-refractivity contribution in [2.75, 3.05) is 0 Å². The van der Waals surface area contributed by atoms with Gasteiger partial charge in [-0.2, -0.15) is 0 Å². The van der Waals surface area contributed by atoms with Crippen LogP contribution in [0.4, 0.5) is 0 Å². The molecule has 0 amide bonds. The SMILES string of the molecule is C1=CC2CC1C1N=CNC21. The third kappa shape index (κ3) is 0.405. The van der Waals surface area contributed by atoms with Gasteiger partial charge in [0.15, 0.2) is 0 Å². The molecule has 2 nitrogen and oxygen atoms in total. The predicted octanol–water partition coefficient (Wildman–Crippen LogP) is 0.561. The Morgan fingerprint density at radius 3 is 3.10 bits per heavy atom. The number of nitrogens with zero attached hydrogens (tertiary/aromatic N) is 1. The van der Waals surface area contributed by atoms with Crippen molar-refractivity contribution in [3.63, 3.8) is 0 Å². The van der Waals surface area contributed by atoms with Crippen molar-refractivity contribution in [1.29, 1.82) is 0 Å². The predicted molar refractivity (Wildman–Crippen MR) is 39.9 cm³/mol. The van der Waals surface area contributed by atoms with Crippen molar-refractivity contribution in [2.24, 2.45) is 16.8 Å². The maximum Gasteiger partial charge on any atom is 0.0831 e. The van der Waals surface area contributed by atoms with Crippen molar-refractivity contribution in [2.45, 2.75) is 18.5 Å². The van der Waals surface area contributed by atoms with Crippen molar-refractivity contribution in [3.05, 3.63) is 12.2 Å². The van der Waals surface area contributed by atoms with Crippen LogP contribution in [0.3, 0.4) is 0 Å². The summed E-state index contributed by atoms with van der Waals surface area (Å²) in [6.45, 7) is 0. The molecule has 0 aromatic heterocycles. The molecule has 52 valence electrons. The molecule has 0 aromatic rings. The van der Waals surface area contributed by atoms with E-state index in [1.54, 1.807) is 0 Å². The Morgan fingerprint density at radius 2 is 2.20 bits per heavy atom. The maximum absolute atomic E-state index is 4.39. The van der Waals surface area contributed by atoms with Crippen molar-refractivity contribution >= 4 is 6.34 Å². The lowest BCUT2D eigenvalue weighted by Crippen LogP contribution is -2.34. The van der Waals surface area contributed by atoms with Gasteiger partial charge in [0.05, 0.1) is 18.4 Å². The largest absolute Gasteiger partial charge is 0.371 e. The van der Waals surface area contributed by atoms with Crippen molar-refractivity contribution in [3.8, 4) is 0 Å². The lowest BCUT2D eigenvalue weighted by Gasteiger charge is -2.17. The average molecular weight is 134 g/mol. The van der Waals surface area contributed by atoms with Crippen LogP contribution in [-0.2, 0) is 0 Å². The first kappa shape index (κ1) is 4.94. The second kappa shape index (κ2) is 1.44. The highest BCUT2D eigenvalue weighted by Gasteiger charge is 2.45. The van der Waals surface area contributed by atoms with E-state index >= 15 is 0 Å². The fraction of sp³-hybridized carbons (Fsp3) is 0.625. The Balaban J connectivity index is 2.04. The summed E-state index contributed by atoms with van der Waals surface area (Å²) in [5, 5.41) is 3.31. The molecule has 2 bridgehead atoms. The van der Waals surface area contributed by atoms with Crippen molar-refractivity contribution < 1.29 is 0 Å². The summed E-state index contributed by atoms with van der Waals surface area (Å²) in [5.74, 6) is 1.53. The molecule has 10 heavy (non-hydrogen) atoms. The lowest BCUT2D eigenvalue weighted by molar-refractivity contribution is 0.498. The average Bonchev–Trinajstić information content (AvgIpc) is 2.60. The zero-order valence-corrected chi connectivity index (χ0v) is 5.70. The summed E-state index contributed by atoms with van der Waals surface area (Å²) in [6, 6.07) is 1.23. The molecule has 1 saturated carbocycles. The monoisotopic (exact) mass is 134 g/mol. The van der Waals surface area contributed by atoms with E-state index < -0.39 is 0 Å². The summed E-state index contributed by atoms with van der Waals surface area (Å²) >= 11 is 0. The van der Waals surface area contributed by atoms with E-state index in [0.717, 1.165) is 11.8 Å². The van der Waals surface area contributed by atoms with E-state index in [1.807, 2.05) is 6.34 Å².